The van der Waals surface area contributed by atoms with E-state index >= 15 is 0 Å². The van der Waals surface area contributed by atoms with Crippen molar-refractivity contribution < 1.29 is 4.74 Å². The van der Waals surface area contributed by atoms with Gasteiger partial charge >= 0.3 is 0 Å². The van der Waals surface area contributed by atoms with Crippen LogP contribution in [0, 0.1) is 0 Å². The Bertz CT molecular complexity index is 415. The Morgan fingerprint density at radius 2 is 2.10 bits per heavy atom. The van der Waals surface area contributed by atoms with E-state index in [9.17, 15) is 0 Å². The number of hydrogen-bond donors (Lipinski definition) is 0. The van der Waals surface area contributed by atoms with Gasteiger partial charge in [-0.05, 0) is 49.8 Å². The lowest BCUT2D eigenvalue weighted by atomic mass is 9.79. The molecule has 1 aromatic carbocycles. The van der Waals surface area contributed by atoms with Crippen molar-refractivity contribution in [1.29, 1.82) is 0 Å². The van der Waals surface area contributed by atoms with Crippen molar-refractivity contribution in [1.82, 2.24) is 0 Å². The summed E-state index contributed by atoms with van der Waals surface area (Å²) in [7, 11) is 0. The van der Waals surface area contributed by atoms with Crippen LogP contribution in [-0.2, 0) is 10.2 Å². The van der Waals surface area contributed by atoms with E-state index in [2.05, 4.69) is 28.1 Å². The third-order valence-corrected chi connectivity index (χ3v) is 5.67. The lowest BCUT2D eigenvalue weighted by Gasteiger charge is -2.31. The molecule has 0 aromatic heterocycles. The van der Waals surface area contributed by atoms with E-state index in [1.165, 1.54) is 18.4 Å². The summed E-state index contributed by atoms with van der Waals surface area (Å²) in [6.45, 7) is 0.923. The number of halogens is 3. The van der Waals surface area contributed by atoms with Gasteiger partial charge in [0.2, 0.25) is 0 Å². The van der Waals surface area contributed by atoms with Crippen LogP contribution in [0.4, 0.5) is 0 Å². The van der Waals surface area contributed by atoms with E-state index in [1.54, 1.807) is 0 Å². The third kappa shape index (κ3) is 4.13. The number of ether oxygens (including phenoxy) is 1. The third-order valence-electron chi connectivity index (χ3n) is 4.15. The number of rotatable bonds is 7. The Balaban J connectivity index is 2.00. The van der Waals surface area contributed by atoms with Crippen LogP contribution >= 0.6 is 39.1 Å². The van der Waals surface area contributed by atoms with Crippen molar-refractivity contribution in [2.45, 2.75) is 43.6 Å². The molecule has 1 atom stereocenters. The second kappa shape index (κ2) is 8.03. The zero-order chi connectivity index (χ0) is 14.4. The molecule has 1 nitrogen and oxygen atoms in total. The van der Waals surface area contributed by atoms with Crippen LogP contribution in [0.3, 0.4) is 0 Å². The van der Waals surface area contributed by atoms with Crippen molar-refractivity contribution >= 4 is 39.1 Å². The minimum atomic E-state index is -0.133. The van der Waals surface area contributed by atoms with Gasteiger partial charge in [-0.25, -0.2) is 0 Å². The lowest BCUT2D eigenvalue weighted by molar-refractivity contribution is 0.101. The molecule has 112 valence electrons. The Morgan fingerprint density at radius 1 is 1.30 bits per heavy atom. The Kier molecular flexibility index (Phi) is 6.67. The fourth-order valence-corrected chi connectivity index (χ4v) is 4.09. The van der Waals surface area contributed by atoms with Crippen LogP contribution < -0.4 is 0 Å². The van der Waals surface area contributed by atoms with Crippen molar-refractivity contribution in [3.05, 3.63) is 34.3 Å². The molecule has 0 spiro atoms. The van der Waals surface area contributed by atoms with E-state index in [0.29, 0.717) is 17.9 Å². The van der Waals surface area contributed by atoms with E-state index in [0.717, 1.165) is 30.3 Å². The van der Waals surface area contributed by atoms with Crippen LogP contribution in [0.1, 0.15) is 37.7 Å². The maximum Gasteiger partial charge on any atom is 0.0576 e. The van der Waals surface area contributed by atoms with Gasteiger partial charge in [0, 0.05) is 28.3 Å². The molecule has 20 heavy (non-hydrogen) atoms. The average Bonchev–Trinajstić information content (AvgIpc) is 2.97. The molecular weight excluding hydrogens is 359 g/mol. The van der Waals surface area contributed by atoms with Gasteiger partial charge in [-0.3, -0.25) is 0 Å². The predicted octanol–water partition coefficient (Wildman–Crippen LogP) is 5.51. The largest absolute Gasteiger partial charge is 0.378 e. The molecule has 0 radical (unpaired) electrons. The lowest BCUT2D eigenvalue weighted by Crippen LogP contribution is -2.31. The SMILES string of the molecule is ClCC(CCl)(CCCC1CCCO1)c1cccc(Br)c1. The summed E-state index contributed by atoms with van der Waals surface area (Å²) in [6, 6.07) is 8.34. The van der Waals surface area contributed by atoms with Gasteiger partial charge in [0.05, 0.1) is 6.10 Å². The fourth-order valence-electron chi connectivity index (χ4n) is 2.83. The Labute approximate surface area is 140 Å². The minimum Gasteiger partial charge on any atom is -0.378 e. The highest BCUT2D eigenvalue weighted by molar-refractivity contribution is 9.10. The molecule has 1 unspecified atom stereocenters. The maximum atomic E-state index is 6.28. The van der Waals surface area contributed by atoms with E-state index in [-0.39, 0.29) is 5.41 Å². The van der Waals surface area contributed by atoms with Crippen LogP contribution in [-0.4, -0.2) is 24.5 Å². The van der Waals surface area contributed by atoms with Gasteiger partial charge in [0.25, 0.3) is 0 Å². The molecule has 0 saturated carbocycles. The first kappa shape index (κ1) is 16.6. The summed E-state index contributed by atoms with van der Waals surface area (Å²) in [5.41, 5.74) is 1.09. The Morgan fingerprint density at radius 3 is 2.70 bits per heavy atom. The normalized spacial score (nSPS) is 19.4. The summed E-state index contributed by atoms with van der Waals surface area (Å²) in [5, 5.41) is 0. The van der Waals surface area contributed by atoms with Crippen molar-refractivity contribution in [2.75, 3.05) is 18.4 Å². The molecule has 2 rings (SSSR count). The maximum absolute atomic E-state index is 6.28. The van der Waals surface area contributed by atoms with E-state index < -0.39 is 0 Å². The van der Waals surface area contributed by atoms with Crippen LogP contribution in [0.5, 0.6) is 0 Å². The van der Waals surface area contributed by atoms with Gasteiger partial charge in [-0.1, -0.05) is 28.1 Å². The minimum absolute atomic E-state index is 0.133. The highest BCUT2D eigenvalue weighted by Crippen LogP contribution is 2.35. The smallest absolute Gasteiger partial charge is 0.0576 e. The monoisotopic (exact) mass is 378 g/mol. The molecule has 1 saturated heterocycles. The van der Waals surface area contributed by atoms with Gasteiger partial charge in [-0.15, -0.1) is 23.2 Å². The van der Waals surface area contributed by atoms with Gasteiger partial charge in [-0.2, -0.15) is 0 Å². The first-order valence-corrected chi connectivity index (χ1v) is 9.06. The first-order chi connectivity index (χ1) is 9.70. The summed E-state index contributed by atoms with van der Waals surface area (Å²) in [4.78, 5) is 0. The summed E-state index contributed by atoms with van der Waals surface area (Å²) in [5.74, 6) is 1.11. The van der Waals surface area contributed by atoms with Gasteiger partial charge in [0.15, 0.2) is 0 Å². The van der Waals surface area contributed by atoms with Crippen LogP contribution in [0.15, 0.2) is 28.7 Å². The summed E-state index contributed by atoms with van der Waals surface area (Å²) in [6.07, 6.45) is 6.08. The molecule has 1 aliphatic heterocycles. The molecule has 0 aliphatic carbocycles. The number of alkyl halides is 2. The topological polar surface area (TPSA) is 9.23 Å². The van der Waals surface area contributed by atoms with Crippen molar-refractivity contribution in [2.24, 2.45) is 0 Å². The second-order valence-corrected chi connectivity index (χ2v) is 7.04. The van der Waals surface area contributed by atoms with Crippen molar-refractivity contribution in [3.63, 3.8) is 0 Å². The summed E-state index contributed by atoms with van der Waals surface area (Å²) >= 11 is 16.1. The standard InChI is InChI=1S/C16H21BrCl2O/c17-14-5-1-4-13(10-14)16(11-18,12-19)8-2-6-15-7-3-9-20-15/h1,4-5,10,15H,2-3,6-9,11-12H2. The molecule has 0 N–H and O–H groups in total. The fraction of sp³-hybridized carbons (Fsp3) is 0.625. The average molecular weight is 380 g/mol. The Hall–Kier alpha value is 0.240. The molecule has 4 heteroatoms. The van der Waals surface area contributed by atoms with Gasteiger partial charge < -0.3 is 4.74 Å². The van der Waals surface area contributed by atoms with Crippen molar-refractivity contribution in [3.8, 4) is 0 Å². The highest BCUT2D eigenvalue weighted by Gasteiger charge is 2.31. The van der Waals surface area contributed by atoms with Crippen LogP contribution in [0.2, 0.25) is 0 Å². The molecule has 1 aromatic rings. The second-order valence-electron chi connectivity index (χ2n) is 5.59. The zero-order valence-corrected chi connectivity index (χ0v) is 14.7. The molecule has 1 fully saturated rings. The molecule has 0 bridgehead atoms. The first-order valence-electron chi connectivity index (χ1n) is 7.20. The molecule has 1 heterocycles. The quantitative estimate of drug-likeness (QED) is 0.567. The molecular formula is C16H21BrCl2O. The van der Waals surface area contributed by atoms with E-state index in [1.807, 2.05) is 12.1 Å². The predicted molar refractivity (Wildman–Crippen MR) is 90.1 cm³/mol. The molecule has 1 aliphatic rings. The number of hydrogen-bond acceptors (Lipinski definition) is 1. The highest BCUT2D eigenvalue weighted by atomic mass is 79.9. The number of benzene rings is 1. The molecule has 0 amide bonds. The van der Waals surface area contributed by atoms with Crippen LogP contribution in [0.25, 0.3) is 0 Å². The zero-order valence-electron chi connectivity index (χ0n) is 11.6. The summed E-state index contributed by atoms with van der Waals surface area (Å²) < 4.78 is 6.76. The van der Waals surface area contributed by atoms with Gasteiger partial charge in [0.1, 0.15) is 0 Å². The van der Waals surface area contributed by atoms with E-state index in [4.69, 9.17) is 27.9 Å².